The number of carbonyl (C=O) groups is 1. The largest absolute Gasteiger partial charge is 0.305 e. The highest BCUT2D eigenvalue weighted by Gasteiger charge is 2.18. The van der Waals surface area contributed by atoms with E-state index in [0.717, 1.165) is 20.8 Å². The minimum atomic E-state index is -0.413. The van der Waals surface area contributed by atoms with E-state index >= 15 is 0 Å². The fourth-order valence-electron chi connectivity index (χ4n) is 3.64. The minimum Gasteiger partial charge on any atom is -0.305 e. The molecule has 0 spiro atoms. The Morgan fingerprint density at radius 3 is 2.52 bits per heavy atom. The molecule has 164 valence electrons. The Kier molecular flexibility index (Phi) is 5.43. The molecule has 5 aromatic rings. The summed E-state index contributed by atoms with van der Waals surface area (Å²) in [6, 6.07) is 18.6. The molecule has 0 atom stereocenters. The van der Waals surface area contributed by atoms with Gasteiger partial charge in [-0.15, -0.1) is 11.3 Å². The van der Waals surface area contributed by atoms with Crippen LogP contribution in [-0.4, -0.2) is 25.7 Å². The van der Waals surface area contributed by atoms with Crippen LogP contribution in [0, 0.1) is 5.92 Å². The van der Waals surface area contributed by atoms with Gasteiger partial charge in [0.1, 0.15) is 10.8 Å². The van der Waals surface area contributed by atoms with Crippen LogP contribution in [0.15, 0.2) is 71.7 Å². The van der Waals surface area contributed by atoms with Crippen LogP contribution in [0.25, 0.3) is 31.6 Å². The first-order valence-corrected chi connectivity index (χ1v) is 11.4. The number of hydrogen-bond acceptors (Lipinski definition) is 6. The van der Waals surface area contributed by atoms with Crippen LogP contribution in [0.1, 0.15) is 24.3 Å². The van der Waals surface area contributed by atoms with Crippen LogP contribution in [0.3, 0.4) is 0 Å². The maximum Gasteiger partial charge on any atom is 0.277 e. The van der Waals surface area contributed by atoms with Crippen molar-refractivity contribution in [2.75, 3.05) is 5.32 Å². The Balaban J connectivity index is 1.44. The Hall–Kier alpha value is -3.91. The second-order valence-corrected chi connectivity index (χ2v) is 9.18. The zero-order chi connectivity index (χ0) is 22.9. The molecule has 0 aliphatic heterocycles. The molecule has 1 N–H and O–H groups in total. The number of hydrogen-bond donors (Lipinski definition) is 1. The molecule has 2 aromatic carbocycles. The molecule has 0 aliphatic carbocycles. The standard InChI is InChI=1S/C25H21N5O2S/c1-15(2)14-30-25(32)18-8-4-3-7-17(18)22(29-30)23(31)28-21-12-11-16(13-26-21)24-27-19-9-5-6-10-20(19)33-24/h3-13,15H,14H2,1-2H3,(H,26,28,31). The summed E-state index contributed by atoms with van der Waals surface area (Å²) in [5, 5.41) is 9.05. The topological polar surface area (TPSA) is 89.8 Å². The van der Waals surface area contributed by atoms with Crippen molar-refractivity contribution in [2.24, 2.45) is 5.92 Å². The molecule has 0 fully saturated rings. The number of nitrogens with one attached hydrogen (secondary N) is 1. The number of fused-ring (bicyclic) bond motifs is 2. The fourth-order valence-corrected chi connectivity index (χ4v) is 4.59. The predicted octanol–water partition coefficient (Wildman–Crippen LogP) is 4.98. The molecule has 3 heterocycles. The van der Waals surface area contributed by atoms with Gasteiger partial charge in [0.15, 0.2) is 5.69 Å². The smallest absolute Gasteiger partial charge is 0.277 e. The molecule has 0 bridgehead atoms. The van der Waals surface area contributed by atoms with Crippen LogP contribution in [0.4, 0.5) is 5.82 Å². The Morgan fingerprint density at radius 1 is 1.03 bits per heavy atom. The maximum absolute atomic E-state index is 13.1. The molecule has 1 amide bonds. The lowest BCUT2D eigenvalue weighted by Crippen LogP contribution is -2.29. The maximum atomic E-state index is 13.1. The molecule has 0 radical (unpaired) electrons. The van der Waals surface area contributed by atoms with Gasteiger partial charge in [0, 0.05) is 23.7 Å². The summed E-state index contributed by atoms with van der Waals surface area (Å²) in [6.45, 7) is 4.43. The van der Waals surface area contributed by atoms with Gasteiger partial charge in [-0.2, -0.15) is 5.10 Å². The van der Waals surface area contributed by atoms with Gasteiger partial charge in [-0.25, -0.2) is 14.6 Å². The van der Waals surface area contributed by atoms with Crippen molar-refractivity contribution >= 4 is 44.1 Å². The number of para-hydroxylation sites is 1. The van der Waals surface area contributed by atoms with Crippen LogP contribution in [0.5, 0.6) is 0 Å². The predicted molar refractivity (Wildman–Crippen MR) is 132 cm³/mol. The number of benzene rings is 2. The SMILES string of the molecule is CC(C)Cn1nc(C(=O)Nc2ccc(-c3nc4ccccc4s3)cn2)c2ccccc2c1=O. The van der Waals surface area contributed by atoms with E-state index in [1.54, 1.807) is 47.9 Å². The summed E-state index contributed by atoms with van der Waals surface area (Å²) < 4.78 is 2.48. The molecule has 7 nitrogen and oxygen atoms in total. The van der Waals surface area contributed by atoms with Crippen molar-refractivity contribution in [3.63, 3.8) is 0 Å². The third-order valence-corrected chi connectivity index (χ3v) is 6.25. The summed E-state index contributed by atoms with van der Waals surface area (Å²) in [5.74, 6) is 0.199. The van der Waals surface area contributed by atoms with Crippen molar-refractivity contribution in [1.29, 1.82) is 0 Å². The highest BCUT2D eigenvalue weighted by molar-refractivity contribution is 7.21. The normalized spacial score (nSPS) is 11.4. The molecular weight excluding hydrogens is 434 g/mol. The molecule has 5 rings (SSSR count). The van der Waals surface area contributed by atoms with E-state index in [4.69, 9.17) is 0 Å². The second-order valence-electron chi connectivity index (χ2n) is 8.15. The van der Waals surface area contributed by atoms with E-state index in [-0.39, 0.29) is 17.2 Å². The van der Waals surface area contributed by atoms with Crippen molar-refractivity contribution < 1.29 is 4.79 Å². The van der Waals surface area contributed by atoms with Crippen LogP contribution >= 0.6 is 11.3 Å². The highest BCUT2D eigenvalue weighted by Crippen LogP contribution is 2.30. The Labute approximate surface area is 193 Å². The molecule has 3 aromatic heterocycles. The van der Waals surface area contributed by atoms with E-state index in [2.05, 4.69) is 20.4 Å². The fraction of sp³-hybridized carbons (Fsp3) is 0.160. The summed E-state index contributed by atoms with van der Waals surface area (Å²) >= 11 is 1.60. The average Bonchev–Trinajstić information content (AvgIpc) is 3.25. The van der Waals surface area contributed by atoms with Crippen molar-refractivity contribution in [1.82, 2.24) is 19.7 Å². The van der Waals surface area contributed by atoms with Crippen LogP contribution in [0.2, 0.25) is 0 Å². The Bertz CT molecular complexity index is 1500. The van der Waals surface area contributed by atoms with E-state index in [1.807, 2.05) is 44.2 Å². The van der Waals surface area contributed by atoms with E-state index in [1.165, 1.54) is 4.68 Å². The lowest BCUT2D eigenvalue weighted by molar-refractivity contribution is 0.102. The second kappa shape index (κ2) is 8.55. The summed E-state index contributed by atoms with van der Waals surface area (Å²) in [5.41, 5.74) is 1.82. The van der Waals surface area contributed by atoms with E-state index in [9.17, 15) is 9.59 Å². The summed E-state index contributed by atoms with van der Waals surface area (Å²) in [4.78, 5) is 34.9. The monoisotopic (exact) mass is 455 g/mol. The van der Waals surface area contributed by atoms with Gasteiger partial charge in [-0.3, -0.25) is 9.59 Å². The van der Waals surface area contributed by atoms with Gasteiger partial charge in [-0.1, -0.05) is 44.2 Å². The number of rotatable bonds is 5. The van der Waals surface area contributed by atoms with Crippen molar-refractivity contribution in [2.45, 2.75) is 20.4 Å². The van der Waals surface area contributed by atoms with Crippen LogP contribution in [-0.2, 0) is 6.54 Å². The minimum absolute atomic E-state index is 0.197. The van der Waals surface area contributed by atoms with Gasteiger partial charge in [0.25, 0.3) is 11.5 Å². The summed E-state index contributed by atoms with van der Waals surface area (Å²) in [6.07, 6.45) is 1.69. The summed E-state index contributed by atoms with van der Waals surface area (Å²) in [7, 11) is 0. The average molecular weight is 456 g/mol. The number of aromatic nitrogens is 4. The quantitative estimate of drug-likeness (QED) is 0.404. The van der Waals surface area contributed by atoms with Crippen molar-refractivity contribution in [3.8, 4) is 10.6 Å². The molecule has 33 heavy (non-hydrogen) atoms. The zero-order valence-electron chi connectivity index (χ0n) is 18.1. The molecule has 0 saturated heterocycles. The Morgan fingerprint density at radius 2 is 1.79 bits per heavy atom. The lowest BCUT2D eigenvalue weighted by Gasteiger charge is -2.12. The third-order valence-electron chi connectivity index (χ3n) is 5.17. The number of pyridine rings is 1. The number of amides is 1. The first kappa shape index (κ1) is 21.0. The third kappa shape index (κ3) is 4.12. The molecule has 0 saturated carbocycles. The molecular formula is C25H21N5O2S. The van der Waals surface area contributed by atoms with Gasteiger partial charge in [-0.05, 0) is 36.2 Å². The van der Waals surface area contributed by atoms with Crippen molar-refractivity contribution in [3.05, 3.63) is 82.9 Å². The van der Waals surface area contributed by atoms with Gasteiger partial charge in [0.05, 0.1) is 15.6 Å². The van der Waals surface area contributed by atoms with Gasteiger partial charge in [0.2, 0.25) is 0 Å². The number of anilines is 1. The molecule has 0 aliphatic rings. The molecule has 8 heteroatoms. The molecule has 0 unspecified atom stereocenters. The van der Waals surface area contributed by atoms with Gasteiger partial charge < -0.3 is 5.32 Å². The van der Waals surface area contributed by atoms with E-state index in [0.29, 0.717) is 23.1 Å². The van der Waals surface area contributed by atoms with Gasteiger partial charge >= 0.3 is 0 Å². The zero-order valence-corrected chi connectivity index (χ0v) is 19.0. The van der Waals surface area contributed by atoms with E-state index < -0.39 is 5.91 Å². The number of carbonyl (C=O) groups excluding carboxylic acids is 1. The lowest BCUT2D eigenvalue weighted by atomic mass is 10.1. The highest BCUT2D eigenvalue weighted by atomic mass is 32.1. The number of thiazole rings is 1. The number of nitrogens with zero attached hydrogens (tertiary/aromatic N) is 4. The van der Waals surface area contributed by atoms with Crippen LogP contribution < -0.4 is 10.9 Å². The first-order valence-electron chi connectivity index (χ1n) is 10.6. The first-order chi connectivity index (χ1) is 16.0.